The normalized spacial score (nSPS) is 24.3. The first-order chi connectivity index (χ1) is 57.1. The summed E-state index contributed by atoms with van der Waals surface area (Å²) in [5.41, 5.74) is 0. The maximum atomic E-state index is 14.1. The van der Waals surface area contributed by atoms with Crippen LogP contribution in [0.4, 0.5) is 0 Å². The van der Waals surface area contributed by atoms with Gasteiger partial charge < -0.3 is 136 Å². The molecule has 11 unspecified atom stereocenters. The topological polar surface area (TPSA) is 605 Å². The van der Waals surface area contributed by atoms with Crippen LogP contribution in [0.1, 0.15) is 202 Å². The smallest absolute Gasteiger partial charge is 0.394 e. The van der Waals surface area contributed by atoms with Gasteiger partial charge in [0.2, 0.25) is 53.2 Å². The van der Waals surface area contributed by atoms with Crippen molar-refractivity contribution in [2.45, 2.75) is 312 Å². The first-order valence-corrected chi connectivity index (χ1v) is 45.1. The molecule has 4 rings (SSSR count). The molecule has 0 saturated carbocycles. The maximum absolute atomic E-state index is 14.1. The highest BCUT2D eigenvalue weighted by molar-refractivity contribution is 7.47. The van der Waals surface area contributed by atoms with Crippen LogP contribution in [-0.4, -0.2) is 351 Å². The number of phosphoric ester groups is 2. The minimum absolute atomic E-state index is 0.0304. The molecule has 4 fully saturated rings. The Hall–Kier alpha value is -5.19. The van der Waals surface area contributed by atoms with E-state index in [0.717, 1.165) is 0 Å². The van der Waals surface area contributed by atoms with E-state index in [-0.39, 0.29) is 133 Å². The van der Waals surface area contributed by atoms with Gasteiger partial charge in [0.15, 0.2) is 18.9 Å². The number of carbonyl (C=O) groups excluding carboxylic acids is 9. The molecular weight excluding hydrogens is 1630 g/mol. The summed E-state index contributed by atoms with van der Waals surface area (Å²) in [4.78, 5) is 141. The molecule has 21 atom stereocenters. The van der Waals surface area contributed by atoms with Gasteiger partial charge in [-0.05, 0) is 116 Å². The van der Waals surface area contributed by atoms with E-state index in [4.69, 9.17) is 46.5 Å². The van der Waals surface area contributed by atoms with E-state index in [1.165, 1.54) is 44.4 Å². The predicted molar refractivity (Wildman–Crippen MR) is 426 cm³/mol. The number of amides is 9. The third-order valence-electron chi connectivity index (χ3n) is 21.0. The molecule has 0 aromatic rings. The summed E-state index contributed by atoms with van der Waals surface area (Å²) in [7, 11) is -9.95. The first-order valence-electron chi connectivity index (χ1n) is 42.1. The van der Waals surface area contributed by atoms with Crippen LogP contribution in [0.3, 0.4) is 0 Å². The molecule has 44 heteroatoms. The second-order valence-corrected chi connectivity index (χ2v) is 33.9. The zero-order valence-electron chi connectivity index (χ0n) is 70.3. The number of nitrogens with zero attached hydrogens (tertiary/aromatic N) is 3. The number of likely N-dealkylation sites (tertiary alicyclic amines) is 3. The third kappa shape index (κ3) is 40.8. The maximum Gasteiger partial charge on any atom is 0.472 e. The van der Waals surface area contributed by atoms with Gasteiger partial charge in [0, 0.05) is 118 Å². The second-order valence-electron chi connectivity index (χ2n) is 31.1. The van der Waals surface area contributed by atoms with Gasteiger partial charge in [0.25, 0.3) is 0 Å². The van der Waals surface area contributed by atoms with Crippen LogP contribution in [0.2, 0.25) is 0 Å². The van der Waals surface area contributed by atoms with Crippen LogP contribution in [-0.2, 0) is 98.8 Å². The van der Waals surface area contributed by atoms with Crippen molar-refractivity contribution in [1.82, 2.24) is 46.6 Å². The van der Waals surface area contributed by atoms with E-state index < -0.39 is 196 Å². The molecule has 4 heterocycles. The van der Waals surface area contributed by atoms with Crippen LogP contribution in [0.15, 0.2) is 0 Å². The Morgan fingerprint density at radius 1 is 0.475 bits per heavy atom. The third-order valence-corrected chi connectivity index (χ3v) is 23.0. The highest BCUT2D eigenvalue weighted by atomic mass is 31.2. The minimum atomic E-state index is -5.00. The van der Waals surface area contributed by atoms with Gasteiger partial charge in [-0.25, -0.2) is 9.13 Å². The number of nitrogens with one attached hydrogen (secondary N) is 6. The lowest BCUT2D eigenvalue weighted by Crippen LogP contribution is -2.64. The number of aliphatic hydroxyl groups is 10. The molecular formula is C76H139N9O33P2. The van der Waals surface area contributed by atoms with E-state index in [0.29, 0.717) is 129 Å². The summed E-state index contributed by atoms with van der Waals surface area (Å²) in [5.74, 6) is -3.06. The first kappa shape index (κ1) is 107. The number of aliphatic hydroxyl groups excluding tert-OH is 10. The van der Waals surface area contributed by atoms with Gasteiger partial charge in [-0.2, -0.15) is 0 Å². The summed E-state index contributed by atoms with van der Waals surface area (Å²) in [5, 5.41) is 116. The average Bonchev–Trinajstić information content (AvgIpc) is 1.08. The Balaban J connectivity index is 1.27. The Kier molecular flexibility index (Phi) is 51.9. The van der Waals surface area contributed by atoms with Gasteiger partial charge in [-0.3, -0.25) is 61.2 Å². The molecule has 4 saturated heterocycles. The summed E-state index contributed by atoms with van der Waals surface area (Å²) < 4.78 is 84.1. The van der Waals surface area contributed by atoms with E-state index in [2.05, 4.69) is 31.9 Å². The highest BCUT2D eigenvalue weighted by Gasteiger charge is 2.47. The predicted octanol–water partition coefficient (Wildman–Crippen LogP) is -1.49. The second kappa shape index (κ2) is 58.2. The molecule has 0 radical (unpaired) electrons. The number of hydrogen-bond donors (Lipinski definition) is 18. The van der Waals surface area contributed by atoms with Crippen molar-refractivity contribution >= 4 is 68.8 Å². The van der Waals surface area contributed by atoms with Crippen LogP contribution < -0.4 is 31.9 Å². The summed E-state index contributed by atoms with van der Waals surface area (Å²) in [6, 6.07) is -5.46. The molecule has 18 N–H and O–H groups in total. The Bertz CT molecular complexity index is 3130. The minimum Gasteiger partial charge on any atom is -0.394 e. The van der Waals surface area contributed by atoms with E-state index in [1.54, 1.807) is 4.90 Å². The van der Waals surface area contributed by atoms with Crippen LogP contribution >= 0.6 is 15.6 Å². The van der Waals surface area contributed by atoms with E-state index >= 15 is 0 Å². The molecule has 0 aromatic carbocycles. The van der Waals surface area contributed by atoms with Gasteiger partial charge >= 0.3 is 15.6 Å². The van der Waals surface area contributed by atoms with Gasteiger partial charge in [-0.1, -0.05) is 32.6 Å². The molecule has 0 aliphatic carbocycles. The van der Waals surface area contributed by atoms with Crippen LogP contribution in [0, 0.1) is 5.92 Å². The SMILES string of the molecule is CC[C@@H]1C[C@@H](COP(=O)(O)O[C@@H]2C[C@@H](COP(=O)(O)O[C@@H]3C[C@@H](CO)N(C(=O)CCCCCNC(=O)CCCCOC4OC(CO)C(O)C(O)C4NC(C)=O)C3)N(C(=O)CCCCCNC(=O)CCCCOC(OC(CO)[C@@H](C)O)[C@H](CO)NC(C)=O)C2)N(C(=O)CCCCCNC(=O)CCCCOC(OC(CO)[C@@H](C)O)[C@H](CO)NC(C)=O)C1. The van der Waals surface area contributed by atoms with Crippen molar-refractivity contribution in [1.29, 1.82) is 0 Å². The van der Waals surface area contributed by atoms with Crippen molar-refractivity contribution in [2.75, 3.05) is 112 Å². The number of hydrogen-bond acceptors (Lipinski definition) is 31. The van der Waals surface area contributed by atoms with Gasteiger partial charge in [0.1, 0.15) is 48.6 Å². The average molecular weight is 1770 g/mol. The zero-order valence-corrected chi connectivity index (χ0v) is 72.1. The molecule has 696 valence electrons. The molecule has 4 aliphatic heterocycles. The summed E-state index contributed by atoms with van der Waals surface area (Å²) in [6.45, 7) is 5.28. The molecule has 9 amide bonds. The van der Waals surface area contributed by atoms with Crippen LogP contribution in [0.5, 0.6) is 0 Å². The zero-order chi connectivity index (χ0) is 88.9. The Morgan fingerprint density at radius 2 is 0.867 bits per heavy atom. The number of rotatable bonds is 64. The molecule has 0 aromatic heterocycles. The molecule has 0 bridgehead atoms. The quantitative estimate of drug-likeness (QED) is 0.0187. The number of phosphoric acid groups is 2. The molecule has 4 aliphatic rings. The number of ether oxygens (including phenoxy) is 6. The van der Waals surface area contributed by atoms with E-state index in [1.807, 2.05) is 6.92 Å². The molecule has 120 heavy (non-hydrogen) atoms. The lowest BCUT2D eigenvalue weighted by Gasteiger charge is -2.42. The van der Waals surface area contributed by atoms with Crippen molar-refractivity contribution in [3.63, 3.8) is 0 Å². The van der Waals surface area contributed by atoms with Crippen molar-refractivity contribution in [3.8, 4) is 0 Å². The summed E-state index contributed by atoms with van der Waals surface area (Å²) >= 11 is 0. The van der Waals surface area contributed by atoms with Crippen LogP contribution in [0.25, 0.3) is 0 Å². The highest BCUT2D eigenvalue weighted by Crippen LogP contribution is 2.50. The number of unbranched alkanes of at least 4 members (excludes halogenated alkanes) is 9. The fraction of sp³-hybridized carbons (Fsp3) is 0.882. The fourth-order valence-corrected chi connectivity index (χ4v) is 16.2. The van der Waals surface area contributed by atoms with Crippen molar-refractivity contribution in [2.24, 2.45) is 5.92 Å². The Morgan fingerprint density at radius 3 is 1.24 bits per heavy atom. The van der Waals surface area contributed by atoms with E-state index in [9.17, 15) is 113 Å². The largest absolute Gasteiger partial charge is 0.472 e. The van der Waals surface area contributed by atoms with Crippen molar-refractivity contribution in [3.05, 3.63) is 0 Å². The fourth-order valence-electron chi connectivity index (χ4n) is 14.3. The summed E-state index contributed by atoms with van der Waals surface area (Å²) in [6.07, 6.45) is -5.79. The number of carbonyl (C=O) groups is 9. The lowest BCUT2D eigenvalue weighted by atomic mass is 9.97. The molecule has 42 nitrogen and oxygen atoms in total. The van der Waals surface area contributed by atoms with Gasteiger partial charge in [-0.15, -0.1) is 0 Å². The lowest BCUT2D eigenvalue weighted by molar-refractivity contribution is -0.270. The van der Waals surface area contributed by atoms with Crippen molar-refractivity contribution < 1.29 is 160 Å². The Labute approximate surface area is 702 Å². The molecule has 0 spiro atoms. The monoisotopic (exact) mass is 1770 g/mol. The van der Waals surface area contributed by atoms with Gasteiger partial charge in [0.05, 0.1) is 95.4 Å². The standard InChI is InChI=1S/C76H139N9O33P2/c1-7-54-35-56(83(38-54)68(100)26-11-8-17-29-77-65(97)23-14-20-32-109-74(60(42-87)80-51(4)94)114-62(44-89)49(2)92)47-112-119(105,106)118-59-37-57(85(40-59)70(102)28-13-10-19-31-78-66(98)24-15-21-33-110-75(61(43-88)81-52(5)95)115-63(45-90)50(3)93)48-113-120(107,108)117-58-36-55(41-86)84(39-58)69(101)27-12-9-18-30-79-67(99)25-16-22-34-111-76-71(82-53(6)96)73(104)72(103)64(46-91)116-76/h49-50,54-64,71-76,86-93,103-104H,7-48H2,1-6H3,(H,77,97)(H,78,98)(H,79,99)(H,80,94)(H,81,95)(H,82,96)(H,105,106)(H,107,108)/t49-,50-,54-,55+,56+,57+,58-,59-,60+,61+,62?,63?,64?,71?,72?,73?,74?,75?,76?/m1/s1.